The van der Waals surface area contributed by atoms with Crippen molar-refractivity contribution in [3.8, 4) is 44.5 Å². The highest BCUT2D eigenvalue weighted by Gasteiger charge is 2.47. The molecule has 1 aliphatic heterocycles. The first-order valence-corrected chi connectivity index (χ1v) is 36.1. The number of furan rings is 2. The lowest BCUT2D eigenvalue weighted by molar-refractivity contribution is 0.671. The van der Waals surface area contributed by atoms with Crippen LogP contribution >= 0.6 is 0 Å². The summed E-state index contributed by atoms with van der Waals surface area (Å²) in [7, 11) is -9.08. The standard InChI is InChI=1S/C56H52O2Si4/c1-59(2)41-29-45(37-21-13-9-14-22-37)53-49(33-41)51-35-43(31-47(55(51)57-53)39-25-17-11-18-26-39)61(5,6)62(7,8)44-32-48(40-27-19-12-20-28-40)56-52(36-44)50-34-42(60(59,3)4)30-46(54(50)58-56)38-23-15-10-16-24-38/h9-36H,1-8H3. The van der Waals surface area contributed by atoms with Gasteiger partial charge in [0, 0.05) is 43.8 Å². The molecule has 62 heavy (non-hydrogen) atoms. The molecule has 1 aliphatic rings. The van der Waals surface area contributed by atoms with Gasteiger partial charge in [0.25, 0.3) is 0 Å². The van der Waals surface area contributed by atoms with E-state index in [0.717, 1.165) is 22.3 Å². The Bertz CT molecular complexity index is 2930. The molecule has 8 bridgehead atoms. The van der Waals surface area contributed by atoms with Crippen LogP contribution in [0, 0.1) is 0 Å². The maximum atomic E-state index is 7.29. The van der Waals surface area contributed by atoms with Crippen LogP contribution < -0.4 is 20.7 Å². The van der Waals surface area contributed by atoms with Crippen LogP contribution in [0.15, 0.2) is 179 Å². The summed E-state index contributed by atoms with van der Waals surface area (Å²) < 4.78 is 14.6. The van der Waals surface area contributed by atoms with Gasteiger partial charge in [-0.05, 0) is 22.3 Å². The fourth-order valence-corrected chi connectivity index (χ4v) is 27.5. The van der Waals surface area contributed by atoms with Crippen LogP contribution in [0.25, 0.3) is 88.4 Å². The molecule has 0 spiro atoms. The van der Waals surface area contributed by atoms with Crippen LogP contribution in [0.3, 0.4) is 0 Å². The predicted molar refractivity (Wildman–Crippen MR) is 278 cm³/mol. The third-order valence-corrected chi connectivity index (χ3v) is 51.1. The van der Waals surface area contributed by atoms with Crippen LogP contribution in [-0.2, 0) is 0 Å². The fraction of sp³-hybridized carbons (Fsp3) is 0.143. The normalized spacial score (nSPS) is 16.3. The van der Waals surface area contributed by atoms with Gasteiger partial charge < -0.3 is 8.83 Å². The van der Waals surface area contributed by atoms with E-state index in [0.29, 0.717) is 0 Å². The van der Waals surface area contributed by atoms with E-state index in [1.165, 1.54) is 86.8 Å². The Morgan fingerprint density at radius 3 is 0.645 bits per heavy atom. The Morgan fingerprint density at radius 1 is 0.258 bits per heavy atom. The van der Waals surface area contributed by atoms with Gasteiger partial charge in [0.2, 0.25) is 0 Å². The molecule has 0 amide bonds. The first kappa shape index (κ1) is 39.1. The van der Waals surface area contributed by atoms with Gasteiger partial charge in [-0.2, -0.15) is 0 Å². The van der Waals surface area contributed by atoms with Crippen molar-refractivity contribution in [2.75, 3.05) is 0 Å². The molecule has 8 aromatic carbocycles. The first-order valence-electron chi connectivity index (χ1n) is 22.1. The summed E-state index contributed by atoms with van der Waals surface area (Å²) in [5.41, 5.74) is 13.5. The summed E-state index contributed by atoms with van der Waals surface area (Å²) in [6.07, 6.45) is 0. The molecule has 2 nitrogen and oxygen atoms in total. The van der Waals surface area contributed by atoms with Gasteiger partial charge in [-0.15, -0.1) is 0 Å². The monoisotopic (exact) mass is 868 g/mol. The molecule has 0 N–H and O–H groups in total. The van der Waals surface area contributed by atoms with E-state index in [4.69, 9.17) is 8.83 Å². The second kappa shape index (κ2) is 13.9. The highest BCUT2D eigenvalue weighted by molar-refractivity contribution is 7.50. The van der Waals surface area contributed by atoms with Gasteiger partial charge in [0.05, 0.1) is 30.4 Å². The van der Waals surface area contributed by atoms with Gasteiger partial charge in [0.1, 0.15) is 22.3 Å². The maximum absolute atomic E-state index is 7.29. The van der Waals surface area contributed by atoms with Gasteiger partial charge in [0.15, 0.2) is 0 Å². The Hall–Kier alpha value is -5.77. The molecule has 0 unspecified atom stereocenters. The molecule has 0 saturated heterocycles. The van der Waals surface area contributed by atoms with Crippen LogP contribution in [0.2, 0.25) is 52.4 Å². The zero-order chi connectivity index (χ0) is 42.8. The summed E-state index contributed by atoms with van der Waals surface area (Å²) in [6, 6.07) is 64.1. The topological polar surface area (TPSA) is 26.3 Å². The SMILES string of the molecule is C[Si]1(C)c2cc(-c3ccccc3)c3oc4c(-c5ccccc5)cc(cc4c3c2)[Si](C)(C)[Si](C)(C)c2cc(-c3ccccc3)c3oc4c(-c5ccccc5)cc(cc4c3c2)[Si]1(C)C. The molecular weight excluding hydrogens is 817 g/mol. The highest BCUT2D eigenvalue weighted by Crippen LogP contribution is 2.44. The summed E-state index contributed by atoms with van der Waals surface area (Å²) >= 11 is 0. The van der Waals surface area contributed by atoms with E-state index in [1.807, 2.05) is 0 Å². The summed E-state index contributed by atoms with van der Waals surface area (Å²) in [4.78, 5) is 0. The first-order chi connectivity index (χ1) is 29.8. The summed E-state index contributed by atoms with van der Waals surface area (Å²) in [5.74, 6) is 0. The molecule has 0 atom stereocenters. The molecule has 304 valence electrons. The fourth-order valence-electron chi connectivity index (χ4n) is 10.2. The molecule has 10 aromatic rings. The van der Waals surface area contributed by atoms with Gasteiger partial charge >= 0.3 is 0 Å². The minimum atomic E-state index is -2.27. The molecule has 11 rings (SSSR count). The zero-order valence-electron chi connectivity index (χ0n) is 37.0. The van der Waals surface area contributed by atoms with Crippen LogP contribution in [0.4, 0.5) is 0 Å². The average Bonchev–Trinajstić information content (AvgIpc) is 3.87. The Balaban J connectivity index is 1.33. The molecule has 3 heterocycles. The molecule has 0 aliphatic carbocycles. The summed E-state index contributed by atoms with van der Waals surface area (Å²) in [5, 5.41) is 10.9. The lowest BCUT2D eigenvalue weighted by Gasteiger charge is -2.40. The van der Waals surface area contributed by atoms with Crippen molar-refractivity contribution in [3.05, 3.63) is 170 Å². The second-order valence-corrected chi connectivity index (χ2v) is 50.1. The minimum Gasteiger partial charge on any atom is -0.455 e. The molecule has 2 aromatic heterocycles. The predicted octanol–water partition coefficient (Wildman–Crippen LogP) is 13.7. The van der Waals surface area contributed by atoms with Crippen molar-refractivity contribution >= 4 is 95.0 Å². The minimum absolute atomic E-state index is 0.986. The molecule has 0 fully saturated rings. The van der Waals surface area contributed by atoms with E-state index in [-0.39, 0.29) is 0 Å². The Labute approximate surface area is 368 Å². The average molecular weight is 869 g/mol. The smallest absolute Gasteiger partial charge is 0.143 e. The van der Waals surface area contributed by atoms with Crippen molar-refractivity contribution in [3.63, 3.8) is 0 Å². The van der Waals surface area contributed by atoms with Gasteiger partial charge in [-0.1, -0.05) is 243 Å². The quantitative estimate of drug-likeness (QED) is 0.165. The van der Waals surface area contributed by atoms with E-state index in [2.05, 4.69) is 222 Å². The zero-order valence-corrected chi connectivity index (χ0v) is 41.0. The third-order valence-electron chi connectivity index (χ3n) is 15.7. The molecule has 6 heteroatoms. The van der Waals surface area contributed by atoms with E-state index < -0.39 is 30.4 Å². The molecular formula is C56H52O2Si4. The number of hydrogen-bond acceptors (Lipinski definition) is 2. The Morgan fingerprint density at radius 2 is 0.452 bits per heavy atom. The Kier molecular flexibility index (Phi) is 8.74. The van der Waals surface area contributed by atoms with Crippen molar-refractivity contribution in [1.29, 1.82) is 0 Å². The summed E-state index contributed by atoms with van der Waals surface area (Å²) in [6.45, 7) is 21.1. The van der Waals surface area contributed by atoms with Crippen LogP contribution in [0.1, 0.15) is 0 Å². The van der Waals surface area contributed by atoms with E-state index in [9.17, 15) is 0 Å². The van der Waals surface area contributed by atoms with Crippen molar-refractivity contribution in [2.24, 2.45) is 0 Å². The molecule has 0 saturated carbocycles. The van der Waals surface area contributed by atoms with Crippen molar-refractivity contribution in [1.82, 2.24) is 0 Å². The number of benzene rings is 8. The lowest BCUT2D eigenvalue weighted by atomic mass is 10.00. The van der Waals surface area contributed by atoms with Gasteiger partial charge in [-0.25, -0.2) is 0 Å². The van der Waals surface area contributed by atoms with E-state index >= 15 is 0 Å². The lowest BCUT2D eigenvalue weighted by Crippen LogP contribution is -2.69. The van der Waals surface area contributed by atoms with Crippen molar-refractivity contribution < 1.29 is 8.83 Å². The highest BCUT2D eigenvalue weighted by atomic mass is 29.3. The maximum Gasteiger partial charge on any atom is 0.143 e. The van der Waals surface area contributed by atoms with E-state index in [1.54, 1.807) is 0 Å². The van der Waals surface area contributed by atoms with Crippen molar-refractivity contribution in [2.45, 2.75) is 52.4 Å². The largest absolute Gasteiger partial charge is 0.455 e. The second-order valence-electron chi connectivity index (χ2n) is 19.8. The van der Waals surface area contributed by atoms with Crippen LogP contribution in [0.5, 0.6) is 0 Å². The number of fused-ring (bicyclic) bond motifs is 4. The number of rotatable bonds is 4. The van der Waals surface area contributed by atoms with Gasteiger partial charge in [-0.3, -0.25) is 0 Å². The number of hydrogen-bond donors (Lipinski definition) is 0. The third kappa shape index (κ3) is 5.70. The van der Waals surface area contributed by atoms with Crippen LogP contribution in [-0.4, -0.2) is 30.4 Å². The molecule has 0 radical (unpaired) electrons.